The maximum atomic E-state index is 12.5. The summed E-state index contributed by atoms with van der Waals surface area (Å²) in [7, 11) is 3.57. The van der Waals surface area contributed by atoms with Gasteiger partial charge in [-0.25, -0.2) is 9.78 Å². The Labute approximate surface area is 201 Å². The Morgan fingerprint density at radius 3 is 2.65 bits per heavy atom. The van der Waals surface area contributed by atoms with Crippen molar-refractivity contribution in [1.29, 1.82) is 0 Å². The second kappa shape index (κ2) is 11.4. The normalized spacial score (nSPS) is 18.1. The lowest BCUT2D eigenvalue weighted by atomic mass is 9.87. The maximum absolute atomic E-state index is 12.5. The molecule has 0 radical (unpaired) electrons. The number of nitrogens with zero attached hydrogens (tertiary/aromatic N) is 4. The van der Waals surface area contributed by atoms with Gasteiger partial charge in [-0.1, -0.05) is 13.8 Å². The van der Waals surface area contributed by atoms with Crippen molar-refractivity contribution in [2.45, 2.75) is 78.0 Å². The van der Waals surface area contributed by atoms with E-state index in [2.05, 4.69) is 18.9 Å². The van der Waals surface area contributed by atoms with E-state index >= 15 is 0 Å². The summed E-state index contributed by atoms with van der Waals surface area (Å²) in [6, 6.07) is 3.87. The first-order chi connectivity index (χ1) is 16.2. The summed E-state index contributed by atoms with van der Waals surface area (Å²) in [6.07, 6.45) is 5.87. The molecule has 9 nitrogen and oxygen atoms in total. The number of carboxylic acid groups (broad SMARTS) is 1. The van der Waals surface area contributed by atoms with E-state index in [-0.39, 0.29) is 30.8 Å². The number of rotatable bonds is 9. The minimum atomic E-state index is -0.755. The number of aryl methyl sites for hydroxylation is 2. The van der Waals surface area contributed by atoms with Crippen LogP contribution in [0.2, 0.25) is 0 Å². The maximum Gasteiger partial charge on any atom is 0.410 e. The lowest BCUT2D eigenvalue weighted by Gasteiger charge is -2.27. The third kappa shape index (κ3) is 5.87. The summed E-state index contributed by atoms with van der Waals surface area (Å²) in [5.74, 6) is -0.450. The first-order valence-electron chi connectivity index (χ1n) is 12.0. The van der Waals surface area contributed by atoms with Crippen LogP contribution in [0, 0.1) is 12.8 Å². The summed E-state index contributed by atoms with van der Waals surface area (Å²) in [5.41, 5.74) is 2.97. The smallest absolute Gasteiger partial charge is 0.410 e. The van der Waals surface area contributed by atoms with Crippen molar-refractivity contribution in [3.63, 3.8) is 0 Å². The average Bonchev–Trinajstić information content (AvgIpc) is 3.19. The second-order valence-corrected chi connectivity index (χ2v) is 8.99. The van der Waals surface area contributed by atoms with Crippen molar-refractivity contribution in [3.05, 3.63) is 29.7 Å². The highest BCUT2D eigenvalue weighted by Crippen LogP contribution is 2.31. The Hall–Kier alpha value is -3.10. The van der Waals surface area contributed by atoms with Crippen LogP contribution in [0.5, 0.6) is 5.75 Å². The molecule has 0 aromatic carbocycles. The molecule has 2 heterocycles. The highest BCUT2D eigenvalue weighted by atomic mass is 16.6. The summed E-state index contributed by atoms with van der Waals surface area (Å²) in [6.45, 7) is 6.07. The Kier molecular flexibility index (Phi) is 8.52. The summed E-state index contributed by atoms with van der Waals surface area (Å²) >= 11 is 0. The van der Waals surface area contributed by atoms with Crippen LogP contribution in [0.1, 0.15) is 63.8 Å². The minimum Gasteiger partial charge on any atom is -0.489 e. The third-order valence-corrected chi connectivity index (χ3v) is 6.75. The molecule has 1 saturated carbocycles. The molecule has 2 atom stereocenters. The van der Waals surface area contributed by atoms with Gasteiger partial charge >= 0.3 is 12.1 Å². The van der Waals surface area contributed by atoms with Gasteiger partial charge in [0.15, 0.2) is 0 Å². The number of carbonyl (C=O) groups excluding carboxylic acids is 1. The molecule has 0 aliphatic heterocycles. The fourth-order valence-electron chi connectivity index (χ4n) is 4.54. The predicted octanol–water partition coefficient (Wildman–Crippen LogP) is 4.57. The molecule has 0 spiro atoms. The number of hydrogen-bond donors (Lipinski definition) is 1. The molecular weight excluding hydrogens is 436 g/mol. The molecule has 1 fully saturated rings. The van der Waals surface area contributed by atoms with Gasteiger partial charge in [0, 0.05) is 25.7 Å². The van der Waals surface area contributed by atoms with Crippen molar-refractivity contribution >= 4 is 12.1 Å². The van der Waals surface area contributed by atoms with Crippen molar-refractivity contribution in [3.8, 4) is 17.0 Å². The molecule has 1 unspecified atom stereocenters. The molecule has 0 saturated heterocycles. The molecule has 9 heteroatoms. The van der Waals surface area contributed by atoms with Crippen LogP contribution in [0.3, 0.4) is 0 Å². The highest BCUT2D eigenvalue weighted by molar-refractivity contribution is 5.70. The number of aliphatic carboxylic acids is 1. The molecule has 1 aliphatic rings. The largest absolute Gasteiger partial charge is 0.489 e. The van der Waals surface area contributed by atoms with E-state index in [9.17, 15) is 14.7 Å². The lowest BCUT2D eigenvalue weighted by Crippen LogP contribution is -2.36. The second-order valence-electron chi connectivity index (χ2n) is 8.99. The van der Waals surface area contributed by atoms with Crippen LogP contribution in [0.15, 0.2) is 18.3 Å². The predicted molar refractivity (Wildman–Crippen MR) is 128 cm³/mol. The zero-order valence-electron chi connectivity index (χ0n) is 20.8. The summed E-state index contributed by atoms with van der Waals surface area (Å²) in [4.78, 5) is 30.2. The van der Waals surface area contributed by atoms with Gasteiger partial charge in [-0.15, -0.1) is 0 Å². The van der Waals surface area contributed by atoms with Crippen LogP contribution in [0.4, 0.5) is 4.79 Å². The standard InChI is InChI=1S/C25H36N4O5/c1-6-18(7-2)28(4)25(32)33-15-22-20(14-26-29(22)5)21-11-12-23(16(3)27-21)34-19-10-8-9-17(13-19)24(30)31/h11-12,14,17-19H,6-10,13,15H2,1-5H3,(H,30,31)/t17?,19-/m0/s1. The number of ether oxygens (including phenoxy) is 2. The van der Waals surface area contributed by atoms with Gasteiger partial charge in [0.2, 0.25) is 0 Å². The number of aromatic nitrogens is 3. The quantitative estimate of drug-likeness (QED) is 0.570. The molecule has 3 rings (SSSR count). The van der Waals surface area contributed by atoms with E-state index in [1.807, 2.05) is 26.1 Å². The molecular formula is C25H36N4O5. The van der Waals surface area contributed by atoms with E-state index in [0.717, 1.165) is 42.6 Å². The SMILES string of the molecule is CCC(CC)N(C)C(=O)OCc1c(-c2ccc(O[C@H]3CCCC(C(=O)O)C3)c(C)n2)cnn1C. The molecule has 2 aromatic heterocycles. The van der Waals surface area contributed by atoms with E-state index in [1.165, 1.54) is 0 Å². The molecule has 1 amide bonds. The van der Waals surface area contributed by atoms with Gasteiger partial charge in [-0.3, -0.25) is 9.48 Å². The average molecular weight is 473 g/mol. The summed E-state index contributed by atoms with van der Waals surface area (Å²) < 4.78 is 13.4. The van der Waals surface area contributed by atoms with Crippen molar-refractivity contribution in [2.24, 2.45) is 13.0 Å². The highest BCUT2D eigenvalue weighted by Gasteiger charge is 2.28. The first kappa shape index (κ1) is 25.5. The molecule has 2 aromatic rings. The van der Waals surface area contributed by atoms with Crippen LogP contribution in [-0.4, -0.2) is 56.0 Å². The van der Waals surface area contributed by atoms with Gasteiger partial charge in [0.05, 0.1) is 35.3 Å². The lowest BCUT2D eigenvalue weighted by molar-refractivity contribution is -0.143. The zero-order valence-corrected chi connectivity index (χ0v) is 20.8. The monoisotopic (exact) mass is 472 g/mol. The molecule has 1 aliphatic carbocycles. The van der Waals surface area contributed by atoms with Crippen LogP contribution in [0.25, 0.3) is 11.3 Å². The van der Waals surface area contributed by atoms with Crippen molar-refractivity contribution in [1.82, 2.24) is 19.7 Å². The fourth-order valence-corrected chi connectivity index (χ4v) is 4.54. The van der Waals surface area contributed by atoms with Gasteiger partial charge in [0.25, 0.3) is 0 Å². The number of hydrogen-bond acceptors (Lipinski definition) is 6. The van der Waals surface area contributed by atoms with E-state index < -0.39 is 5.97 Å². The number of carbonyl (C=O) groups is 2. The fraction of sp³-hybridized carbons (Fsp3) is 0.600. The summed E-state index contributed by atoms with van der Waals surface area (Å²) in [5, 5.41) is 13.7. The Bertz CT molecular complexity index is 1000. The van der Waals surface area contributed by atoms with Crippen LogP contribution >= 0.6 is 0 Å². The molecule has 1 N–H and O–H groups in total. The molecule has 0 bridgehead atoms. The van der Waals surface area contributed by atoms with Crippen LogP contribution < -0.4 is 4.74 Å². The minimum absolute atomic E-state index is 0.0901. The van der Waals surface area contributed by atoms with E-state index in [4.69, 9.17) is 14.5 Å². The molecule has 186 valence electrons. The Morgan fingerprint density at radius 1 is 1.26 bits per heavy atom. The van der Waals surface area contributed by atoms with Gasteiger partial charge in [-0.05, 0) is 57.6 Å². The zero-order chi connectivity index (χ0) is 24.8. The van der Waals surface area contributed by atoms with Crippen molar-refractivity contribution in [2.75, 3.05) is 7.05 Å². The number of carboxylic acids is 1. The Balaban J connectivity index is 1.70. The van der Waals surface area contributed by atoms with Gasteiger partial charge in [-0.2, -0.15) is 5.10 Å². The topological polar surface area (TPSA) is 107 Å². The number of pyridine rings is 1. The third-order valence-electron chi connectivity index (χ3n) is 6.75. The van der Waals surface area contributed by atoms with Gasteiger partial charge < -0.3 is 19.5 Å². The van der Waals surface area contributed by atoms with Gasteiger partial charge in [0.1, 0.15) is 12.4 Å². The van der Waals surface area contributed by atoms with E-state index in [1.54, 1.807) is 22.8 Å². The Morgan fingerprint density at radius 2 is 2.00 bits per heavy atom. The van der Waals surface area contributed by atoms with Crippen molar-refractivity contribution < 1.29 is 24.2 Å². The van der Waals surface area contributed by atoms with Crippen LogP contribution in [-0.2, 0) is 23.2 Å². The molecule has 34 heavy (non-hydrogen) atoms. The van der Waals surface area contributed by atoms with E-state index in [0.29, 0.717) is 24.3 Å². The first-order valence-corrected chi connectivity index (χ1v) is 12.0. The number of amides is 1.